The third-order valence-electron chi connectivity index (χ3n) is 6.16. The molecule has 0 aliphatic carbocycles. The number of hydrogen-bond donors (Lipinski definition) is 1. The normalized spacial score (nSPS) is 19.0. The van der Waals surface area contributed by atoms with Gasteiger partial charge in [0, 0.05) is 45.4 Å². The van der Waals surface area contributed by atoms with E-state index in [1.807, 2.05) is 48.3 Å². The van der Waals surface area contributed by atoms with Crippen LogP contribution in [-0.2, 0) is 23.1 Å². The van der Waals surface area contributed by atoms with Crippen LogP contribution in [0.4, 0.5) is 0 Å². The van der Waals surface area contributed by atoms with E-state index < -0.39 is 0 Å². The molecule has 32 heavy (non-hydrogen) atoms. The molecule has 168 valence electrons. The lowest BCUT2D eigenvalue weighted by atomic mass is 9.83. The van der Waals surface area contributed by atoms with Gasteiger partial charge >= 0.3 is 0 Å². The zero-order chi connectivity index (χ0) is 22.7. The van der Waals surface area contributed by atoms with Gasteiger partial charge in [0.15, 0.2) is 0 Å². The zero-order valence-corrected chi connectivity index (χ0v) is 19.0. The lowest BCUT2D eigenvalue weighted by Gasteiger charge is -2.41. The third kappa shape index (κ3) is 4.52. The van der Waals surface area contributed by atoms with E-state index in [1.54, 1.807) is 12.4 Å². The van der Waals surface area contributed by atoms with Gasteiger partial charge in [-0.25, -0.2) is 4.98 Å². The molecule has 1 N–H and O–H groups in total. The van der Waals surface area contributed by atoms with Crippen LogP contribution in [0.2, 0.25) is 0 Å². The molecule has 1 aromatic carbocycles. The minimum absolute atomic E-state index is 0.0149. The summed E-state index contributed by atoms with van der Waals surface area (Å²) < 4.78 is 2.07. The highest BCUT2D eigenvalue weighted by atomic mass is 16.2. The van der Waals surface area contributed by atoms with Crippen molar-refractivity contribution in [3.63, 3.8) is 0 Å². The molecule has 0 radical (unpaired) electrons. The molecule has 7 heteroatoms. The van der Waals surface area contributed by atoms with Crippen molar-refractivity contribution in [1.82, 2.24) is 24.8 Å². The molecular weight excluding hydrogens is 402 g/mol. The van der Waals surface area contributed by atoms with Gasteiger partial charge in [0.1, 0.15) is 5.82 Å². The Morgan fingerprint density at radius 2 is 2.03 bits per heavy atom. The van der Waals surface area contributed by atoms with Gasteiger partial charge in [-0.1, -0.05) is 32.0 Å². The van der Waals surface area contributed by atoms with E-state index in [0.717, 1.165) is 22.4 Å². The number of pyridine rings is 1. The molecule has 2 amide bonds. The van der Waals surface area contributed by atoms with E-state index in [4.69, 9.17) is 0 Å². The quantitative estimate of drug-likeness (QED) is 0.620. The van der Waals surface area contributed by atoms with Gasteiger partial charge in [-0.15, -0.1) is 0 Å². The number of rotatable bonds is 7. The van der Waals surface area contributed by atoms with Crippen LogP contribution in [-0.4, -0.2) is 44.3 Å². The van der Waals surface area contributed by atoms with Crippen molar-refractivity contribution in [2.24, 2.45) is 18.9 Å². The first-order chi connectivity index (χ1) is 15.5. The van der Waals surface area contributed by atoms with Gasteiger partial charge < -0.3 is 14.8 Å². The van der Waals surface area contributed by atoms with Crippen LogP contribution in [0.1, 0.15) is 44.1 Å². The smallest absolute Gasteiger partial charge is 0.225 e. The molecule has 1 aliphatic heterocycles. The molecule has 0 spiro atoms. The second-order valence-electron chi connectivity index (χ2n) is 8.93. The summed E-state index contributed by atoms with van der Waals surface area (Å²) in [5.41, 5.74) is 2.96. The molecule has 2 atom stereocenters. The molecule has 1 aliphatic rings. The fraction of sp³-hybridized carbons (Fsp3) is 0.440. The Bertz CT molecular complexity index is 1090. The fourth-order valence-electron chi connectivity index (χ4n) is 4.65. The second-order valence-corrected chi connectivity index (χ2v) is 8.93. The average molecular weight is 434 g/mol. The number of benzene rings is 1. The van der Waals surface area contributed by atoms with Crippen LogP contribution in [0.25, 0.3) is 11.0 Å². The van der Waals surface area contributed by atoms with Crippen LogP contribution < -0.4 is 5.32 Å². The Morgan fingerprint density at radius 1 is 1.22 bits per heavy atom. The summed E-state index contributed by atoms with van der Waals surface area (Å²) in [4.78, 5) is 36.8. The maximum absolute atomic E-state index is 13.3. The highest BCUT2D eigenvalue weighted by Gasteiger charge is 2.40. The van der Waals surface area contributed by atoms with Gasteiger partial charge in [-0.3, -0.25) is 14.6 Å². The molecule has 3 heterocycles. The number of imidazole rings is 1. The summed E-state index contributed by atoms with van der Waals surface area (Å²) in [6, 6.07) is 11.6. The predicted octanol–water partition coefficient (Wildman–Crippen LogP) is 3.26. The standard InChI is InChI=1S/C25H31N5O2/c1-17(2)16-30-23(31)11-10-19(24(30)18-7-6-13-26-15-18)25(32)27-14-12-22-28-20-8-4-5-9-21(20)29(22)3/h4-9,13,15,17,19,24H,10-12,14,16H2,1-3H3,(H,27,32). The number of nitrogens with one attached hydrogen (secondary N) is 1. The van der Waals surface area contributed by atoms with Crippen molar-refractivity contribution in [2.45, 2.75) is 39.2 Å². The SMILES string of the molecule is CC(C)CN1C(=O)CCC(C(=O)NCCc2nc3ccccc3n2C)C1c1cccnc1. The molecule has 0 saturated carbocycles. The fourth-order valence-corrected chi connectivity index (χ4v) is 4.65. The van der Waals surface area contributed by atoms with E-state index in [2.05, 4.69) is 33.7 Å². The summed E-state index contributed by atoms with van der Waals surface area (Å²) >= 11 is 0. The molecule has 1 saturated heterocycles. The average Bonchev–Trinajstić information content (AvgIpc) is 3.11. The summed E-state index contributed by atoms with van der Waals surface area (Å²) in [6.07, 6.45) is 5.08. The largest absolute Gasteiger partial charge is 0.355 e. The number of aryl methyl sites for hydroxylation is 1. The lowest BCUT2D eigenvalue weighted by Crippen LogP contribution is -2.49. The van der Waals surface area contributed by atoms with Crippen LogP contribution in [0.15, 0.2) is 48.8 Å². The van der Waals surface area contributed by atoms with Crippen LogP contribution in [0, 0.1) is 11.8 Å². The van der Waals surface area contributed by atoms with E-state index in [9.17, 15) is 9.59 Å². The Morgan fingerprint density at radius 3 is 2.75 bits per heavy atom. The number of aromatic nitrogens is 3. The van der Waals surface area contributed by atoms with Crippen molar-refractivity contribution in [3.8, 4) is 0 Å². The Labute approximate surface area is 188 Å². The summed E-state index contributed by atoms with van der Waals surface area (Å²) in [5.74, 6) is 1.05. The number of amides is 2. The number of nitrogens with zero attached hydrogens (tertiary/aromatic N) is 4. The first-order valence-electron chi connectivity index (χ1n) is 11.3. The van der Waals surface area contributed by atoms with Gasteiger partial charge in [-0.05, 0) is 36.1 Å². The first-order valence-corrected chi connectivity index (χ1v) is 11.3. The van der Waals surface area contributed by atoms with Gasteiger partial charge in [0.05, 0.1) is 23.0 Å². The Kier molecular flexibility index (Phi) is 6.53. The van der Waals surface area contributed by atoms with E-state index >= 15 is 0 Å². The maximum Gasteiger partial charge on any atom is 0.225 e. The van der Waals surface area contributed by atoms with Crippen molar-refractivity contribution >= 4 is 22.8 Å². The number of carbonyl (C=O) groups is 2. The number of piperidine rings is 1. The monoisotopic (exact) mass is 433 g/mol. The van der Waals surface area contributed by atoms with Crippen molar-refractivity contribution in [2.75, 3.05) is 13.1 Å². The van der Waals surface area contributed by atoms with Crippen molar-refractivity contribution in [1.29, 1.82) is 0 Å². The molecular formula is C25H31N5O2. The van der Waals surface area contributed by atoms with Gasteiger partial charge in [0.2, 0.25) is 11.8 Å². The first kappa shape index (κ1) is 22.0. The summed E-state index contributed by atoms with van der Waals surface area (Å²) in [5, 5.41) is 3.11. The second kappa shape index (κ2) is 9.51. The maximum atomic E-state index is 13.3. The highest BCUT2D eigenvalue weighted by molar-refractivity contribution is 5.85. The zero-order valence-electron chi connectivity index (χ0n) is 19.0. The highest BCUT2D eigenvalue weighted by Crippen LogP contribution is 2.37. The van der Waals surface area contributed by atoms with Crippen LogP contribution in [0.5, 0.6) is 0 Å². The molecule has 2 unspecified atom stereocenters. The summed E-state index contributed by atoms with van der Waals surface area (Å²) in [7, 11) is 2.00. The molecule has 7 nitrogen and oxygen atoms in total. The Hall–Kier alpha value is -3.22. The van der Waals surface area contributed by atoms with E-state index in [1.165, 1.54) is 0 Å². The topological polar surface area (TPSA) is 80.1 Å². The molecule has 2 aromatic heterocycles. The summed E-state index contributed by atoms with van der Waals surface area (Å²) in [6.45, 7) is 5.31. The number of para-hydroxylation sites is 2. The minimum Gasteiger partial charge on any atom is -0.355 e. The minimum atomic E-state index is -0.295. The van der Waals surface area contributed by atoms with Crippen molar-refractivity contribution < 1.29 is 9.59 Å². The van der Waals surface area contributed by atoms with Crippen molar-refractivity contribution in [3.05, 3.63) is 60.2 Å². The molecule has 4 rings (SSSR count). The van der Waals surface area contributed by atoms with Gasteiger partial charge in [-0.2, -0.15) is 0 Å². The Balaban J connectivity index is 1.49. The molecule has 1 fully saturated rings. The lowest BCUT2D eigenvalue weighted by molar-refractivity contribution is -0.144. The number of likely N-dealkylation sites (tertiary alicyclic amines) is 1. The third-order valence-corrected chi connectivity index (χ3v) is 6.16. The van der Waals surface area contributed by atoms with E-state index in [0.29, 0.717) is 38.3 Å². The predicted molar refractivity (Wildman–Crippen MR) is 124 cm³/mol. The number of fused-ring (bicyclic) bond motifs is 1. The molecule has 0 bridgehead atoms. The van der Waals surface area contributed by atoms with Gasteiger partial charge in [0.25, 0.3) is 0 Å². The van der Waals surface area contributed by atoms with E-state index in [-0.39, 0.29) is 23.8 Å². The number of carbonyl (C=O) groups excluding carboxylic acids is 2. The molecule has 3 aromatic rings. The van der Waals surface area contributed by atoms with Crippen LogP contribution in [0.3, 0.4) is 0 Å². The number of hydrogen-bond acceptors (Lipinski definition) is 4. The van der Waals surface area contributed by atoms with Crippen LogP contribution >= 0.6 is 0 Å².